The fourth-order valence-electron chi connectivity index (χ4n) is 2.83. The van der Waals surface area contributed by atoms with E-state index in [2.05, 4.69) is 5.32 Å². The summed E-state index contributed by atoms with van der Waals surface area (Å²) in [5.41, 5.74) is 7.05. The number of rotatable bonds is 4. The molecule has 1 aliphatic rings. The molecule has 1 aliphatic carbocycles. The van der Waals surface area contributed by atoms with Crippen LogP contribution in [0.15, 0.2) is 24.3 Å². The van der Waals surface area contributed by atoms with Crippen LogP contribution in [-0.4, -0.2) is 11.9 Å². The fraction of sp³-hybridized carbons (Fsp3) is 0.562. The highest BCUT2D eigenvalue weighted by molar-refractivity contribution is 5.94. The van der Waals surface area contributed by atoms with Gasteiger partial charge in [0.15, 0.2) is 0 Å². The van der Waals surface area contributed by atoms with Crippen LogP contribution in [0.2, 0.25) is 0 Å². The van der Waals surface area contributed by atoms with Crippen molar-refractivity contribution in [2.75, 3.05) is 0 Å². The standard InChI is InChI=1S/C16H24N2O/c17-16(19)15-11-7-6-8-13(15)12-18-14-9-4-2-1-3-5-10-14/h6-8,11,14,18H,1-5,9-10,12H2,(H2,17,19). The first-order chi connectivity index (χ1) is 9.27. The zero-order chi connectivity index (χ0) is 13.5. The number of nitrogens with one attached hydrogen (secondary N) is 1. The van der Waals surface area contributed by atoms with Crippen LogP contribution < -0.4 is 11.1 Å². The lowest BCUT2D eigenvalue weighted by Crippen LogP contribution is -2.30. The maximum atomic E-state index is 11.4. The molecule has 0 aromatic heterocycles. The molecule has 0 aliphatic heterocycles. The van der Waals surface area contributed by atoms with E-state index >= 15 is 0 Å². The van der Waals surface area contributed by atoms with Gasteiger partial charge in [0.2, 0.25) is 5.91 Å². The summed E-state index contributed by atoms with van der Waals surface area (Å²) < 4.78 is 0. The highest BCUT2D eigenvalue weighted by Gasteiger charge is 2.12. The fourth-order valence-corrected chi connectivity index (χ4v) is 2.83. The minimum atomic E-state index is -0.338. The average molecular weight is 260 g/mol. The number of hydrogen-bond acceptors (Lipinski definition) is 2. The molecule has 0 spiro atoms. The molecular weight excluding hydrogens is 236 g/mol. The second-order valence-corrected chi connectivity index (χ2v) is 5.44. The van der Waals surface area contributed by atoms with Crippen LogP contribution in [0.25, 0.3) is 0 Å². The zero-order valence-electron chi connectivity index (χ0n) is 11.5. The van der Waals surface area contributed by atoms with Crippen LogP contribution in [0.1, 0.15) is 60.9 Å². The number of benzene rings is 1. The summed E-state index contributed by atoms with van der Waals surface area (Å²) in [6.07, 6.45) is 9.23. The van der Waals surface area contributed by atoms with Gasteiger partial charge in [0, 0.05) is 18.2 Å². The van der Waals surface area contributed by atoms with Crippen LogP contribution in [0.5, 0.6) is 0 Å². The van der Waals surface area contributed by atoms with Gasteiger partial charge in [-0.05, 0) is 24.5 Å². The van der Waals surface area contributed by atoms with E-state index < -0.39 is 0 Å². The van der Waals surface area contributed by atoms with Gasteiger partial charge < -0.3 is 11.1 Å². The second-order valence-electron chi connectivity index (χ2n) is 5.44. The first-order valence-electron chi connectivity index (χ1n) is 7.38. The Morgan fingerprint density at radius 3 is 2.42 bits per heavy atom. The number of amides is 1. The Morgan fingerprint density at radius 2 is 1.74 bits per heavy atom. The number of primary amides is 1. The van der Waals surface area contributed by atoms with E-state index in [-0.39, 0.29) is 5.91 Å². The minimum absolute atomic E-state index is 0.338. The van der Waals surface area contributed by atoms with Crippen LogP contribution in [0.3, 0.4) is 0 Å². The maximum Gasteiger partial charge on any atom is 0.249 e. The molecule has 1 saturated carbocycles. The van der Waals surface area contributed by atoms with E-state index in [0.717, 1.165) is 12.1 Å². The van der Waals surface area contributed by atoms with Crippen molar-refractivity contribution >= 4 is 5.91 Å². The topological polar surface area (TPSA) is 55.1 Å². The molecule has 0 radical (unpaired) electrons. The highest BCUT2D eigenvalue weighted by Crippen LogP contribution is 2.18. The molecule has 104 valence electrons. The number of carbonyl (C=O) groups is 1. The summed E-state index contributed by atoms with van der Waals surface area (Å²) in [6, 6.07) is 8.19. The van der Waals surface area contributed by atoms with Gasteiger partial charge in [-0.2, -0.15) is 0 Å². The normalized spacial score (nSPS) is 17.7. The molecule has 3 nitrogen and oxygen atoms in total. The molecule has 0 bridgehead atoms. The van der Waals surface area contributed by atoms with E-state index in [0.29, 0.717) is 11.6 Å². The third-order valence-electron chi connectivity index (χ3n) is 3.97. The smallest absolute Gasteiger partial charge is 0.249 e. The van der Waals surface area contributed by atoms with E-state index in [4.69, 9.17) is 5.73 Å². The monoisotopic (exact) mass is 260 g/mol. The summed E-state index contributed by atoms with van der Waals surface area (Å²) in [5.74, 6) is -0.338. The van der Waals surface area contributed by atoms with Crippen LogP contribution >= 0.6 is 0 Å². The first-order valence-corrected chi connectivity index (χ1v) is 7.38. The minimum Gasteiger partial charge on any atom is -0.366 e. The molecular formula is C16H24N2O. The Labute approximate surface area is 115 Å². The van der Waals surface area contributed by atoms with Gasteiger partial charge in [0.1, 0.15) is 0 Å². The van der Waals surface area contributed by atoms with E-state index in [1.54, 1.807) is 6.07 Å². The highest BCUT2D eigenvalue weighted by atomic mass is 16.1. The maximum absolute atomic E-state index is 11.4. The Kier molecular flexibility index (Phi) is 5.40. The number of hydrogen-bond donors (Lipinski definition) is 2. The largest absolute Gasteiger partial charge is 0.366 e. The van der Waals surface area contributed by atoms with Crippen molar-refractivity contribution in [2.24, 2.45) is 5.73 Å². The lowest BCUT2D eigenvalue weighted by Gasteiger charge is -2.21. The predicted octanol–water partition coefficient (Wildman–Crippen LogP) is 2.99. The molecule has 1 aromatic carbocycles. The molecule has 19 heavy (non-hydrogen) atoms. The molecule has 3 N–H and O–H groups in total. The number of carbonyl (C=O) groups excluding carboxylic acids is 1. The van der Waals surface area contributed by atoms with Gasteiger partial charge in [-0.3, -0.25) is 4.79 Å². The van der Waals surface area contributed by atoms with E-state index in [1.807, 2.05) is 18.2 Å². The van der Waals surface area contributed by atoms with Crippen molar-refractivity contribution in [3.8, 4) is 0 Å². The Hall–Kier alpha value is -1.35. The molecule has 0 unspecified atom stereocenters. The van der Waals surface area contributed by atoms with Gasteiger partial charge in [0.05, 0.1) is 0 Å². The van der Waals surface area contributed by atoms with Gasteiger partial charge in [-0.25, -0.2) is 0 Å². The summed E-state index contributed by atoms with van der Waals surface area (Å²) in [5, 5.41) is 3.59. The van der Waals surface area contributed by atoms with Gasteiger partial charge in [-0.1, -0.05) is 50.3 Å². The van der Waals surface area contributed by atoms with Crippen LogP contribution in [-0.2, 0) is 6.54 Å². The van der Waals surface area contributed by atoms with Crippen molar-refractivity contribution < 1.29 is 4.79 Å². The second kappa shape index (κ2) is 7.29. The third kappa shape index (κ3) is 4.35. The van der Waals surface area contributed by atoms with E-state index in [9.17, 15) is 4.79 Å². The predicted molar refractivity (Wildman–Crippen MR) is 77.9 cm³/mol. The van der Waals surface area contributed by atoms with Gasteiger partial charge in [0.25, 0.3) is 0 Å². The van der Waals surface area contributed by atoms with Crippen molar-refractivity contribution in [3.05, 3.63) is 35.4 Å². The Morgan fingerprint density at radius 1 is 1.11 bits per heavy atom. The molecule has 0 heterocycles. The summed E-state index contributed by atoms with van der Waals surface area (Å²) >= 11 is 0. The Bertz CT molecular complexity index is 409. The molecule has 3 heteroatoms. The third-order valence-corrected chi connectivity index (χ3v) is 3.97. The molecule has 1 fully saturated rings. The van der Waals surface area contributed by atoms with Gasteiger partial charge in [-0.15, -0.1) is 0 Å². The molecule has 1 aromatic rings. The number of nitrogens with two attached hydrogens (primary N) is 1. The summed E-state index contributed by atoms with van der Waals surface area (Å²) in [4.78, 5) is 11.4. The average Bonchev–Trinajstić information content (AvgIpc) is 2.37. The van der Waals surface area contributed by atoms with E-state index in [1.165, 1.54) is 44.9 Å². The summed E-state index contributed by atoms with van der Waals surface area (Å²) in [7, 11) is 0. The lowest BCUT2D eigenvalue weighted by atomic mass is 9.96. The van der Waals surface area contributed by atoms with Crippen molar-refractivity contribution in [1.82, 2.24) is 5.32 Å². The first kappa shape index (κ1) is 14.1. The molecule has 1 amide bonds. The lowest BCUT2D eigenvalue weighted by molar-refractivity contribution is 0.0999. The molecule has 0 saturated heterocycles. The zero-order valence-corrected chi connectivity index (χ0v) is 11.5. The molecule has 0 atom stereocenters. The quantitative estimate of drug-likeness (QED) is 0.874. The summed E-state index contributed by atoms with van der Waals surface area (Å²) in [6.45, 7) is 0.740. The van der Waals surface area contributed by atoms with Crippen molar-refractivity contribution in [2.45, 2.75) is 57.5 Å². The SMILES string of the molecule is NC(=O)c1ccccc1CNC1CCCCCCC1. The van der Waals surface area contributed by atoms with Crippen LogP contribution in [0, 0.1) is 0 Å². The van der Waals surface area contributed by atoms with Gasteiger partial charge >= 0.3 is 0 Å². The van der Waals surface area contributed by atoms with Crippen molar-refractivity contribution in [3.63, 3.8) is 0 Å². The van der Waals surface area contributed by atoms with Crippen molar-refractivity contribution in [1.29, 1.82) is 0 Å². The molecule has 2 rings (SSSR count). The van der Waals surface area contributed by atoms with Crippen LogP contribution in [0.4, 0.5) is 0 Å². The Balaban J connectivity index is 1.92.